The Bertz CT molecular complexity index is 11800. The lowest BCUT2D eigenvalue weighted by molar-refractivity contribution is 0.974. The van der Waals surface area contributed by atoms with Crippen molar-refractivity contribution in [1.82, 2.24) is 109 Å². The number of thiophene rings is 6. The first-order valence-corrected chi connectivity index (χ1v) is 52.1. The van der Waals surface area contributed by atoms with Crippen LogP contribution in [0.25, 0.3) is 289 Å². The SMILES string of the molecule is Cn1c2c3c(ccc2n2c4ccccc4nc12)sc1ncccc13.Cn1c2c3sc4ncccc4c3ccc2n2c3ccccc3nc12.Cn1c2cc3c(cc2n2c4ccccc4nc12)sc1ncccc13.Cn1c2cc3sc4ccccc4c3cc2n2c3ccccc3nc12.Cn1c2ccc3c4cccnc4sc3c2n2c3ccccc3nc12.Cn1c2ccc3sc4ncccc4c3c2n2c3ccccc3nc12. The number of benzene rings is 13. The molecule has 29 heteroatoms. The fourth-order valence-electron chi connectivity index (χ4n) is 22.4. The topological polar surface area (TPSA) is 198 Å². The van der Waals surface area contributed by atoms with E-state index >= 15 is 0 Å². The maximum absolute atomic E-state index is 4.84. The van der Waals surface area contributed by atoms with Crippen molar-refractivity contribution in [3.8, 4) is 0 Å². The fourth-order valence-corrected chi connectivity index (χ4v) is 29.1. The molecule has 0 aliphatic rings. The molecule has 36 aromatic rings. The van der Waals surface area contributed by atoms with Crippen molar-refractivity contribution in [3.63, 3.8) is 0 Å². The van der Waals surface area contributed by atoms with Crippen molar-refractivity contribution in [2.75, 3.05) is 0 Å². The van der Waals surface area contributed by atoms with Crippen LogP contribution in [-0.2, 0) is 42.3 Å². The Morgan fingerprint density at radius 1 is 0.174 bits per heavy atom. The molecule has 23 nitrogen and oxygen atoms in total. The Labute approximate surface area is 835 Å². The molecule has 13 aromatic carbocycles. The summed E-state index contributed by atoms with van der Waals surface area (Å²) >= 11 is 10.6. The standard InChI is InChI=1S/C20H13N3S.5C19H12N4S/c1-22-16-11-19-13(12-6-2-5-9-18(12)24-19)10-17(16)23-15-8-4-3-7-14(15)21-20(22)23;1-22-16-15(23-14-7-3-2-6-13(14)21-19(22)23)9-8-11-12-5-4-10-20-18(12)24-17(11)16;1-22-15-9-8-11-12-5-4-10-20-18(12)24-17(11)16(15)23-14-7-3-2-6-13(14)21-19(22)23;1-22-17-14(23-13-7-3-2-6-12(13)21-19(22)23)8-9-15-16(17)11-5-4-10-20-18(11)24-15;1-22-14-8-9-15-16(11-5-4-10-20-18(11)24-15)17(14)23-13-7-3-2-6-12(13)21-19(22)23;1-22-15-9-12-11-5-4-8-20-18(11)24-17(12)10-16(15)23-14-7-3-2-6-13(14)21-19(22)23/h2-11H,1H3;5*2-10H,1H3. The molecule has 0 spiro atoms. The van der Waals surface area contributed by atoms with E-state index in [0.717, 1.165) is 125 Å². The Balaban J connectivity index is 0.0000000788. The van der Waals surface area contributed by atoms with Crippen LogP contribution in [0.2, 0.25) is 0 Å². The van der Waals surface area contributed by atoms with E-state index in [1.165, 1.54) is 164 Å². The van der Waals surface area contributed by atoms with Crippen molar-refractivity contribution in [2.24, 2.45) is 42.3 Å². The molecule has 144 heavy (non-hydrogen) atoms. The number of hydrogen-bond donors (Lipinski definition) is 0. The second kappa shape index (κ2) is 30.5. The van der Waals surface area contributed by atoms with Crippen molar-refractivity contribution in [1.29, 1.82) is 0 Å². The summed E-state index contributed by atoms with van der Waals surface area (Å²) in [5.41, 5.74) is 27.6. The Morgan fingerprint density at radius 2 is 0.472 bits per heavy atom. The van der Waals surface area contributed by atoms with E-state index in [1.807, 2.05) is 109 Å². The van der Waals surface area contributed by atoms with Gasteiger partial charge in [-0.05, 0) is 200 Å². The van der Waals surface area contributed by atoms with Crippen LogP contribution in [0.15, 0.2) is 334 Å². The van der Waals surface area contributed by atoms with E-state index in [9.17, 15) is 0 Å². The van der Waals surface area contributed by atoms with E-state index in [0.29, 0.717) is 0 Å². The number of pyridine rings is 5. The zero-order chi connectivity index (χ0) is 95.0. The maximum atomic E-state index is 4.84. The van der Waals surface area contributed by atoms with Crippen LogP contribution in [0.4, 0.5) is 0 Å². The van der Waals surface area contributed by atoms with Gasteiger partial charge in [-0.3, -0.25) is 26.4 Å². The maximum Gasteiger partial charge on any atom is 0.215 e. The Kier molecular flexibility index (Phi) is 17.3. The van der Waals surface area contributed by atoms with E-state index in [2.05, 4.69) is 358 Å². The Morgan fingerprint density at radius 3 is 0.972 bits per heavy atom. The lowest BCUT2D eigenvalue weighted by Gasteiger charge is -1.99. The molecule has 36 rings (SSSR count). The van der Waals surface area contributed by atoms with Crippen LogP contribution in [-0.4, -0.2) is 109 Å². The highest BCUT2D eigenvalue weighted by atomic mass is 32.1. The quantitative estimate of drug-likeness (QED) is 0.140. The van der Waals surface area contributed by atoms with Crippen LogP contribution >= 0.6 is 68.0 Å². The molecule has 0 bridgehead atoms. The minimum absolute atomic E-state index is 0.974. The summed E-state index contributed by atoms with van der Waals surface area (Å²) in [7, 11) is 12.6. The van der Waals surface area contributed by atoms with E-state index in [1.54, 1.807) is 56.7 Å². The molecule has 0 aliphatic heterocycles. The predicted octanol–water partition coefficient (Wildman–Crippen LogP) is 29.1. The van der Waals surface area contributed by atoms with E-state index in [4.69, 9.17) is 29.9 Å². The highest BCUT2D eigenvalue weighted by Crippen LogP contribution is 2.47. The van der Waals surface area contributed by atoms with Gasteiger partial charge in [0.2, 0.25) is 34.7 Å². The molecule has 23 heterocycles. The fraction of sp³-hybridized carbons (Fsp3) is 0.0522. The average molecular weight is 1970 g/mol. The highest BCUT2D eigenvalue weighted by molar-refractivity contribution is 7.28. The lowest BCUT2D eigenvalue weighted by atomic mass is 10.1. The highest BCUT2D eigenvalue weighted by Gasteiger charge is 2.27. The number of nitrogens with zero attached hydrogens (tertiary/aromatic N) is 23. The number of rotatable bonds is 0. The first-order valence-electron chi connectivity index (χ1n) is 47.2. The number of imidazole rings is 12. The van der Waals surface area contributed by atoms with Gasteiger partial charge in [-0.1, -0.05) is 103 Å². The normalized spacial score (nSPS) is 12.4. The van der Waals surface area contributed by atoms with Gasteiger partial charge in [0.1, 0.15) is 24.2 Å². The van der Waals surface area contributed by atoms with Gasteiger partial charge < -0.3 is 27.4 Å². The second-order valence-electron chi connectivity index (χ2n) is 36.6. The molecule has 0 radical (unpaired) electrons. The summed E-state index contributed by atoms with van der Waals surface area (Å²) in [4.78, 5) is 57.1. The van der Waals surface area contributed by atoms with Crippen LogP contribution in [0, 0.1) is 0 Å². The van der Waals surface area contributed by atoms with Crippen molar-refractivity contribution in [3.05, 3.63) is 334 Å². The van der Waals surface area contributed by atoms with Gasteiger partial charge in [0, 0.05) is 161 Å². The third kappa shape index (κ3) is 11.5. The summed E-state index contributed by atoms with van der Waals surface area (Å²) < 4.78 is 35.7. The van der Waals surface area contributed by atoms with Gasteiger partial charge in [-0.2, -0.15) is 0 Å². The second-order valence-corrected chi connectivity index (χ2v) is 42.7. The molecule has 0 saturated heterocycles. The molecule has 0 N–H and O–H groups in total. The molecular formula is C115H73N23S6. The van der Waals surface area contributed by atoms with E-state index in [-0.39, 0.29) is 0 Å². The van der Waals surface area contributed by atoms with Crippen LogP contribution in [0.3, 0.4) is 0 Å². The molecule has 0 atom stereocenters. The predicted molar refractivity (Wildman–Crippen MR) is 601 cm³/mol. The van der Waals surface area contributed by atoms with Crippen LogP contribution in [0.1, 0.15) is 0 Å². The number of aryl methyl sites for hydroxylation is 6. The summed E-state index contributed by atoms with van der Waals surface area (Å²) in [6, 6.07) is 106. The first-order chi connectivity index (χ1) is 70.9. The summed E-state index contributed by atoms with van der Waals surface area (Å²) in [5, 5.41) is 15.1. The van der Waals surface area contributed by atoms with Crippen LogP contribution in [0.5, 0.6) is 0 Å². The third-order valence-corrected chi connectivity index (χ3v) is 35.5. The van der Waals surface area contributed by atoms with Crippen molar-refractivity contribution < 1.29 is 0 Å². The molecule has 0 fully saturated rings. The van der Waals surface area contributed by atoms with Gasteiger partial charge in [0.15, 0.2) is 0 Å². The third-order valence-electron chi connectivity index (χ3n) is 28.9. The van der Waals surface area contributed by atoms with E-state index < -0.39 is 0 Å². The molecule has 0 amide bonds. The van der Waals surface area contributed by atoms with Gasteiger partial charge >= 0.3 is 0 Å². The molecule has 23 aromatic heterocycles. The zero-order valence-electron chi connectivity index (χ0n) is 77.5. The first kappa shape index (κ1) is 81.4. The number of aromatic nitrogens is 23. The van der Waals surface area contributed by atoms with Gasteiger partial charge in [0.25, 0.3) is 0 Å². The molecule has 684 valence electrons. The summed E-state index contributed by atoms with van der Waals surface area (Å²) in [6.45, 7) is 0. The minimum atomic E-state index is 0.974. The molecule has 0 aliphatic carbocycles. The lowest BCUT2D eigenvalue weighted by Crippen LogP contribution is -1.88. The van der Waals surface area contributed by atoms with Gasteiger partial charge in [-0.25, -0.2) is 54.8 Å². The summed E-state index contributed by atoms with van der Waals surface area (Å²) in [5.74, 6) is 5.87. The summed E-state index contributed by atoms with van der Waals surface area (Å²) in [6.07, 6.45) is 9.31. The van der Waals surface area contributed by atoms with Crippen molar-refractivity contribution >= 4 is 357 Å². The number of para-hydroxylation sites is 12. The monoisotopic (exact) mass is 1970 g/mol. The minimum Gasteiger partial charge on any atom is -0.313 e. The number of hydrogen-bond acceptors (Lipinski definition) is 17. The zero-order valence-corrected chi connectivity index (χ0v) is 82.4. The number of fused-ring (bicyclic) bond motifs is 52. The molecule has 0 saturated carbocycles. The van der Waals surface area contributed by atoms with Gasteiger partial charge in [0.05, 0.1) is 142 Å². The van der Waals surface area contributed by atoms with Gasteiger partial charge in [-0.15, -0.1) is 68.0 Å². The van der Waals surface area contributed by atoms with Crippen LogP contribution < -0.4 is 0 Å². The molecule has 0 unspecified atom stereocenters. The smallest absolute Gasteiger partial charge is 0.215 e. The Hall–Kier alpha value is -17.5. The largest absolute Gasteiger partial charge is 0.313 e. The molecular weight excluding hydrogens is 1900 g/mol. The van der Waals surface area contributed by atoms with Crippen molar-refractivity contribution in [2.45, 2.75) is 0 Å². The average Bonchev–Trinajstić information content (AvgIpc) is 1.56.